The molecule has 1 aliphatic heterocycles. The van der Waals surface area contributed by atoms with Crippen molar-refractivity contribution in [3.8, 4) is 5.75 Å². The van der Waals surface area contributed by atoms with Crippen molar-refractivity contribution in [1.29, 1.82) is 0 Å². The first-order valence-electron chi connectivity index (χ1n) is 10.2. The molecule has 0 amide bonds. The summed E-state index contributed by atoms with van der Waals surface area (Å²) in [5, 5.41) is 6.54. The van der Waals surface area contributed by atoms with Crippen LogP contribution in [0, 0.1) is 6.92 Å². The normalized spacial score (nSPS) is 20.6. The summed E-state index contributed by atoms with van der Waals surface area (Å²) in [4.78, 5) is 0. The van der Waals surface area contributed by atoms with Crippen molar-refractivity contribution in [2.45, 2.75) is 57.2 Å². The van der Waals surface area contributed by atoms with Crippen LogP contribution in [0.2, 0.25) is 0 Å². The van der Waals surface area contributed by atoms with Crippen LogP contribution >= 0.6 is 0 Å². The van der Waals surface area contributed by atoms with Crippen LogP contribution < -0.4 is 10.1 Å². The highest BCUT2D eigenvalue weighted by Crippen LogP contribution is 2.47. The highest BCUT2D eigenvalue weighted by atomic mass is 16.5. The second kappa shape index (κ2) is 6.69. The Kier molecular flexibility index (Phi) is 4.17. The molecule has 3 aromatic rings. The molecule has 0 saturated heterocycles. The molecule has 0 aromatic heterocycles. The standard InChI is InChI=1S/C25H27NO/c1-18-11-12-22-23(16-25(13-4-5-14-25)27-24(22)15-18)26-17-20-9-6-8-19-7-2-3-10-21(19)20/h2-3,6-12,15,23,26H,4-5,13-14,16-17H2,1H3. The van der Waals surface area contributed by atoms with Crippen molar-refractivity contribution in [3.63, 3.8) is 0 Å². The van der Waals surface area contributed by atoms with Gasteiger partial charge in [-0.15, -0.1) is 0 Å². The van der Waals surface area contributed by atoms with Crippen molar-refractivity contribution in [2.75, 3.05) is 0 Å². The molecule has 1 heterocycles. The van der Waals surface area contributed by atoms with Crippen molar-refractivity contribution in [1.82, 2.24) is 5.32 Å². The first-order valence-corrected chi connectivity index (χ1v) is 10.2. The highest BCUT2D eigenvalue weighted by Gasteiger charge is 2.42. The van der Waals surface area contributed by atoms with Gasteiger partial charge in [0.05, 0.1) is 0 Å². The molecule has 0 bridgehead atoms. The van der Waals surface area contributed by atoms with E-state index in [-0.39, 0.29) is 5.60 Å². The number of hydrogen-bond donors (Lipinski definition) is 1. The van der Waals surface area contributed by atoms with Gasteiger partial charge in [-0.2, -0.15) is 0 Å². The van der Waals surface area contributed by atoms with Crippen LogP contribution in [0.4, 0.5) is 0 Å². The Balaban J connectivity index is 1.45. The number of hydrogen-bond acceptors (Lipinski definition) is 2. The Morgan fingerprint density at radius 2 is 1.81 bits per heavy atom. The molecule has 5 rings (SSSR count). The first-order chi connectivity index (χ1) is 13.2. The van der Waals surface area contributed by atoms with Crippen molar-refractivity contribution in [3.05, 3.63) is 77.4 Å². The molecule has 2 nitrogen and oxygen atoms in total. The topological polar surface area (TPSA) is 21.3 Å². The first kappa shape index (κ1) is 16.8. The lowest BCUT2D eigenvalue weighted by Crippen LogP contribution is -2.42. The molecule has 1 saturated carbocycles. The van der Waals surface area contributed by atoms with E-state index < -0.39 is 0 Å². The molecule has 1 atom stereocenters. The maximum atomic E-state index is 6.57. The van der Waals surface area contributed by atoms with Gasteiger partial charge in [-0.1, -0.05) is 54.6 Å². The minimum absolute atomic E-state index is 0.0389. The lowest BCUT2D eigenvalue weighted by atomic mass is 9.85. The molecule has 0 radical (unpaired) electrons. The summed E-state index contributed by atoms with van der Waals surface area (Å²) < 4.78 is 6.57. The fourth-order valence-corrected chi connectivity index (χ4v) is 4.96. The van der Waals surface area contributed by atoms with E-state index in [1.165, 1.54) is 53.1 Å². The Labute approximate surface area is 161 Å². The van der Waals surface area contributed by atoms with Gasteiger partial charge in [-0.3, -0.25) is 0 Å². The maximum Gasteiger partial charge on any atom is 0.125 e. The van der Waals surface area contributed by atoms with Crippen LogP contribution in [0.25, 0.3) is 10.8 Å². The predicted molar refractivity (Wildman–Crippen MR) is 111 cm³/mol. The average molecular weight is 357 g/mol. The molecular weight excluding hydrogens is 330 g/mol. The molecule has 1 N–H and O–H groups in total. The summed E-state index contributed by atoms with van der Waals surface area (Å²) in [5.74, 6) is 1.10. The molecule has 2 heteroatoms. The number of rotatable bonds is 3. The minimum Gasteiger partial charge on any atom is -0.487 e. The molecular formula is C25H27NO. The zero-order valence-corrected chi connectivity index (χ0v) is 16.0. The summed E-state index contributed by atoms with van der Waals surface area (Å²) in [6.45, 7) is 3.04. The number of benzene rings is 3. The van der Waals surface area contributed by atoms with E-state index in [9.17, 15) is 0 Å². The highest BCUT2D eigenvalue weighted by molar-refractivity contribution is 5.85. The van der Waals surface area contributed by atoms with Gasteiger partial charge in [0.15, 0.2) is 0 Å². The molecule has 1 unspecified atom stereocenters. The molecule has 3 aromatic carbocycles. The smallest absolute Gasteiger partial charge is 0.125 e. The third-order valence-electron chi connectivity index (χ3n) is 6.38. The van der Waals surface area contributed by atoms with E-state index in [4.69, 9.17) is 4.74 Å². The summed E-state index contributed by atoms with van der Waals surface area (Å²) in [5.41, 5.74) is 4.00. The zero-order valence-electron chi connectivity index (χ0n) is 16.0. The van der Waals surface area contributed by atoms with E-state index >= 15 is 0 Å². The van der Waals surface area contributed by atoms with Gasteiger partial charge in [0.2, 0.25) is 0 Å². The Hall–Kier alpha value is -2.32. The minimum atomic E-state index is 0.0389. The summed E-state index contributed by atoms with van der Waals surface area (Å²) >= 11 is 0. The van der Waals surface area contributed by atoms with Gasteiger partial charge >= 0.3 is 0 Å². The van der Waals surface area contributed by atoms with Crippen molar-refractivity contribution in [2.24, 2.45) is 0 Å². The van der Waals surface area contributed by atoms with Crippen LogP contribution in [0.1, 0.15) is 54.8 Å². The molecule has 1 aliphatic carbocycles. The van der Waals surface area contributed by atoms with Gasteiger partial charge in [0.1, 0.15) is 11.4 Å². The van der Waals surface area contributed by atoms with Gasteiger partial charge in [-0.25, -0.2) is 0 Å². The number of ether oxygens (including phenoxy) is 1. The number of nitrogens with one attached hydrogen (secondary N) is 1. The Bertz CT molecular complexity index is 966. The number of fused-ring (bicyclic) bond motifs is 2. The van der Waals surface area contributed by atoms with Crippen molar-refractivity contribution >= 4 is 10.8 Å². The van der Waals surface area contributed by atoms with Gasteiger partial charge in [0.25, 0.3) is 0 Å². The second-order valence-corrected chi connectivity index (χ2v) is 8.31. The molecule has 1 fully saturated rings. The predicted octanol–water partition coefficient (Wildman–Crippen LogP) is 6.07. The van der Waals surface area contributed by atoms with Gasteiger partial charge in [0, 0.05) is 24.6 Å². The SMILES string of the molecule is Cc1ccc2c(c1)OC1(CCCC1)CC2NCc1cccc2ccccc12. The summed E-state index contributed by atoms with van der Waals surface area (Å²) in [6.07, 6.45) is 6.03. The van der Waals surface area contributed by atoms with Crippen LogP contribution in [0.3, 0.4) is 0 Å². The number of aryl methyl sites for hydroxylation is 1. The lowest BCUT2D eigenvalue weighted by molar-refractivity contribution is 0.0364. The molecule has 138 valence electrons. The lowest BCUT2D eigenvalue weighted by Gasteiger charge is -2.40. The van der Waals surface area contributed by atoms with Gasteiger partial charge in [-0.05, 0) is 60.6 Å². The fraction of sp³-hybridized carbons (Fsp3) is 0.360. The van der Waals surface area contributed by atoms with E-state index in [0.29, 0.717) is 6.04 Å². The maximum absolute atomic E-state index is 6.57. The Morgan fingerprint density at radius 3 is 2.70 bits per heavy atom. The van der Waals surface area contributed by atoms with Crippen molar-refractivity contribution < 1.29 is 4.74 Å². The van der Waals surface area contributed by atoms with Gasteiger partial charge < -0.3 is 10.1 Å². The largest absolute Gasteiger partial charge is 0.487 e. The Morgan fingerprint density at radius 1 is 1.00 bits per heavy atom. The average Bonchev–Trinajstić information content (AvgIpc) is 3.13. The monoisotopic (exact) mass is 357 g/mol. The third kappa shape index (κ3) is 3.12. The molecule has 27 heavy (non-hydrogen) atoms. The van der Waals surface area contributed by atoms with Crippen LogP contribution in [-0.4, -0.2) is 5.60 Å². The molecule has 1 spiro atoms. The quantitative estimate of drug-likeness (QED) is 0.614. The van der Waals surface area contributed by atoms with E-state index in [2.05, 4.69) is 72.9 Å². The fourth-order valence-electron chi connectivity index (χ4n) is 4.96. The second-order valence-electron chi connectivity index (χ2n) is 8.31. The van der Waals surface area contributed by atoms with E-state index in [0.717, 1.165) is 18.7 Å². The van der Waals surface area contributed by atoms with Crippen LogP contribution in [-0.2, 0) is 6.54 Å². The van der Waals surface area contributed by atoms with E-state index in [1.807, 2.05) is 0 Å². The molecule has 2 aliphatic rings. The third-order valence-corrected chi connectivity index (χ3v) is 6.38. The summed E-state index contributed by atoms with van der Waals surface area (Å²) in [6, 6.07) is 22.3. The zero-order chi connectivity index (χ0) is 18.3. The van der Waals surface area contributed by atoms with Crippen LogP contribution in [0.5, 0.6) is 5.75 Å². The van der Waals surface area contributed by atoms with Crippen LogP contribution in [0.15, 0.2) is 60.7 Å². The summed E-state index contributed by atoms with van der Waals surface area (Å²) in [7, 11) is 0. The van der Waals surface area contributed by atoms with E-state index in [1.54, 1.807) is 0 Å².